The second-order valence-corrected chi connectivity index (χ2v) is 10.0. The first-order chi connectivity index (χ1) is 13.9. The minimum absolute atomic E-state index is 0.0285. The molecule has 2 amide bonds. The molecule has 0 spiro atoms. The Morgan fingerprint density at radius 1 is 1.00 bits per heavy atom. The first kappa shape index (κ1) is 22.1. The third-order valence-corrected chi connectivity index (χ3v) is 7.71. The van der Waals surface area contributed by atoms with Crippen molar-refractivity contribution in [1.82, 2.24) is 14.5 Å². The van der Waals surface area contributed by atoms with Crippen LogP contribution in [-0.2, 0) is 19.6 Å². The summed E-state index contributed by atoms with van der Waals surface area (Å²) in [7, 11) is -3.68. The first-order valence-corrected chi connectivity index (χ1v) is 12.0. The van der Waals surface area contributed by atoms with E-state index in [4.69, 9.17) is 11.6 Å². The van der Waals surface area contributed by atoms with E-state index in [0.29, 0.717) is 24.4 Å². The van der Waals surface area contributed by atoms with Crippen LogP contribution in [0.1, 0.15) is 38.5 Å². The number of carbonyl (C=O) groups excluding carboxylic acids is 2. The highest BCUT2D eigenvalue weighted by Gasteiger charge is 2.33. The molecule has 1 aromatic rings. The number of likely N-dealkylation sites (tertiary alicyclic amines) is 1. The van der Waals surface area contributed by atoms with Gasteiger partial charge in [-0.3, -0.25) is 9.59 Å². The Labute approximate surface area is 177 Å². The van der Waals surface area contributed by atoms with Crippen LogP contribution in [0.4, 0.5) is 0 Å². The Morgan fingerprint density at radius 2 is 1.66 bits per heavy atom. The van der Waals surface area contributed by atoms with Gasteiger partial charge < -0.3 is 10.2 Å². The van der Waals surface area contributed by atoms with Crippen molar-refractivity contribution in [3.63, 3.8) is 0 Å². The minimum atomic E-state index is -3.68. The van der Waals surface area contributed by atoms with E-state index in [2.05, 4.69) is 5.32 Å². The molecule has 1 aromatic carbocycles. The van der Waals surface area contributed by atoms with Crippen molar-refractivity contribution in [2.75, 3.05) is 32.7 Å². The molecule has 0 radical (unpaired) electrons. The molecule has 1 atom stereocenters. The summed E-state index contributed by atoms with van der Waals surface area (Å²) in [5.74, 6) is -0.784. The number of rotatable bonds is 5. The van der Waals surface area contributed by atoms with Gasteiger partial charge in [-0.25, -0.2) is 8.42 Å². The quantitative estimate of drug-likeness (QED) is 0.759. The molecular formula is C20H28ClN3O4S. The summed E-state index contributed by atoms with van der Waals surface area (Å²) in [5, 5.41) is 3.19. The van der Waals surface area contributed by atoms with Gasteiger partial charge in [0.15, 0.2) is 0 Å². The monoisotopic (exact) mass is 441 g/mol. The van der Waals surface area contributed by atoms with Crippen molar-refractivity contribution in [3.8, 4) is 0 Å². The van der Waals surface area contributed by atoms with Gasteiger partial charge in [0.05, 0.1) is 17.4 Å². The van der Waals surface area contributed by atoms with E-state index >= 15 is 0 Å². The van der Waals surface area contributed by atoms with E-state index in [-0.39, 0.29) is 29.8 Å². The lowest BCUT2D eigenvalue weighted by Gasteiger charge is -2.31. The van der Waals surface area contributed by atoms with Gasteiger partial charge in [0.2, 0.25) is 21.8 Å². The number of carbonyl (C=O) groups is 2. The second kappa shape index (κ2) is 9.91. The van der Waals surface area contributed by atoms with Crippen LogP contribution in [0, 0.1) is 5.92 Å². The van der Waals surface area contributed by atoms with Crippen LogP contribution < -0.4 is 5.32 Å². The lowest BCUT2D eigenvalue weighted by molar-refractivity contribution is -0.134. The summed E-state index contributed by atoms with van der Waals surface area (Å²) < 4.78 is 27.1. The summed E-state index contributed by atoms with van der Waals surface area (Å²) in [6, 6.07) is 6.02. The predicted octanol–water partition coefficient (Wildman–Crippen LogP) is 2.26. The van der Waals surface area contributed by atoms with Crippen LogP contribution in [0.25, 0.3) is 0 Å². The number of halogens is 1. The molecule has 2 saturated heterocycles. The summed E-state index contributed by atoms with van der Waals surface area (Å²) in [6.45, 7) is 1.95. The van der Waals surface area contributed by atoms with Crippen molar-refractivity contribution >= 4 is 33.4 Å². The van der Waals surface area contributed by atoms with Crippen molar-refractivity contribution in [2.45, 2.75) is 43.4 Å². The molecule has 2 aliphatic rings. The molecule has 2 heterocycles. The highest BCUT2D eigenvalue weighted by Crippen LogP contribution is 2.25. The smallest absolute Gasteiger partial charge is 0.243 e. The van der Waals surface area contributed by atoms with Crippen LogP contribution in [0.15, 0.2) is 29.2 Å². The zero-order chi connectivity index (χ0) is 20.9. The summed E-state index contributed by atoms with van der Waals surface area (Å²) in [5.41, 5.74) is 0. The van der Waals surface area contributed by atoms with Crippen LogP contribution in [0.2, 0.25) is 5.02 Å². The number of nitrogens with one attached hydrogen (secondary N) is 1. The lowest BCUT2D eigenvalue weighted by Crippen LogP contribution is -2.47. The number of sulfonamides is 1. The lowest BCUT2D eigenvalue weighted by atomic mass is 9.99. The van der Waals surface area contributed by atoms with E-state index in [1.165, 1.54) is 28.6 Å². The van der Waals surface area contributed by atoms with Crippen molar-refractivity contribution in [2.24, 2.45) is 5.92 Å². The molecule has 0 aromatic heterocycles. The molecule has 9 heteroatoms. The molecule has 0 unspecified atom stereocenters. The van der Waals surface area contributed by atoms with E-state index in [1.807, 2.05) is 4.90 Å². The van der Waals surface area contributed by atoms with Crippen molar-refractivity contribution in [1.29, 1.82) is 0 Å². The van der Waals surface area contributed by atoms with Crippen LogP contribution in [0.5, 0.6) is 0 Å². The fourth-order valence-corrected chi connectivity index (χ4v) is 5.52. The maximum absolute atomic E-state index is 12.9. The molecular weight excluding hydrogens is 414 g/mol. The normalized spacial score (nSPS) is 21.4. The molecule has 7 nitrogen and oxygen atoms in total. The highest BCUT2D eigenvalue weighted by molar-refractivity contribution is 7.89. The average molecular weight is 442 g/mol. The molecule has 29 heavy (non-hydrogen) atoms. The van der Waals surface area contributed by atoms with E-state index in [1.54, 1.807) is 0 Å². The average Bonchev–Trinajstić information content (AvgIpc) is 3.02. The first-order valence-electron chi connectivity index (χ1n) is 10.2. The van der Waals surface area contributed by atoms with Crippen LogP contribution >= 0.6 is 11.6 Å². The van der Waals surface area contributed by atoms with E-state index in [9.17, 15) is 18.0 Å². The predicted molar refractivity (Wildman–Crippen MR) is 111 cm³/mol. The summed E-state index contributed by atoms with van der Waals surface area (Å²) in [4.78, 5) is 26.9. The van der Waals surface area contributed by atoms with Gasteiger partial charge in [0, 0.05) is 31.2 Å². The van der Waals surface area contributed by atoms with Gasteiger partial charge in [-0.1, -0.05) is 24.4 Å². The van der Waals surface area contributed by atoms with Gasteiger partial charge in [-0.05, 0) is 49.9 Å². The summed E-state index contributed by atoms with van der Waals surface area (Å²) in [6.07, 6.45) is 5.48. The SMILES string of the molecule is O=C(NCC(=O)N1CCCCCC1)[C@@H]1CCCN(S(=O)(=O)c2ccc(Cl)cc2)C1. The Morgan fingerprint density at radius 3 is 2.31 bits per heavy atom. The van der Waals surface area contributed by atoms with Gasteiger partial charge in [-0.2, -0.15) is 4.31 Å². The van der Waals surface area contributed by atoms with Gasteiger partial charge >= 0.3 is 0 Å². The second-order valence-electron chi connectivity index (χ2n) is 7.67. The van der Waals surface area contributed by atoms with E-state index in [0.717, 1.165) is 38.8 Å². The molecule has 3 rings (SSSR count). The third-order valence-electron chi connectivity index (χ3n) is 5.58. The van der Waals surface area contributed by atoms with Crippen molar-refractivity contribution < 1.29 is 18.0 Å². The zero-order valence-electron chi connectivity index (χ0n) is 16.5. The summed E-state index contributed by atoms with van der Waals surface area (Å²) >= 11 is 5.85. The van der Waals surface area contributed by atoms with Crippen LogP contribution in [-0.4, -0.2) is 62.2 Å². The number of piperidine rings is 1. The molecule has 2 aliphatic heterocycles. The minimum Gasteiger partial charge on any atom is -0.347 e. The largest absolute Gasteiger partial charge is 0.347 e. The maximum atomic E-state index is 12.9. The number of amides is 2. The van der Waals surface area contributed by atoms with Crippen LogP contribution in [0.3, 0.4) is 0 Å². The standard InChI is InChI=1S/C20H28ClN3O4S/c21-17-7-9-18(10-8-17)29(27,28)24-13-5-6-16(15-24)20(26)22-14-19(25)23-11-3-1-2-4-12-23/h7-10,16H,1-6,11-15H2,(H,22,26)/t16-/m1/s1. The zero-order valence-corrected chi connectivity index (χ0v) is 18.1. The van der Waals surface area contributed by atoms with Gasteiger partial charge in [-0.15, -0.1) is 0 Å². The molecule has 0 saturated carbocycles. The Bertz CT molecular complexity index is 821. The number of nitrogens with zero attached hydrogens (tertiary/aromatic N) is 2. The molecule has 0 aliphatic carbocycles. The highest BCUT2D eigenvalue weighted by atomic mass is 35.5. The number of benzene rings is 1. The Hall–Kier alpha value is -1.64. The maximum Gasteiger partial charge on any atom is 0.243 e. The fourth-order valence-electron chi connectivity index (χ4n) is 3.87. The Kier molecular flexibility index (Phi) is 7.54. The number of hydrogen-bond donors (Lipinski definition) is 1. The molecule has 1 N–H and O–H groups in total. The van der Waals surface area contributed by atoms with Crippen molar-refractivity contribution in [3.05, 3.63) is 29.3 Å². The Balaban J connectivity index is 1.56. The topological polar surface area (TPSA) is 86.8 Å². The van der Waals surface area contributed by atoms with Gasteiger partial charge in [0.1, 0.15) is 0 Å². The third kappa shape index (κ3) is 5.71. The van der Waals surface area contributed by atoms with Gasteiger partial charge in [0.25, 0.3) is 0 Å². The molecule has 0 bridgehead atoms. The fraction of sp³-hybridized carbons (Fsp3) is 0.600. The molecule has 160 valence electrons. The number of hydrogen-bond acceptors (Lipinski definition) is 4. The molecule has 2 fully saturated rings. The van der Waals surface area contributed by atoms with E-state index < -0.39 is 15.9 Å².